The summed E-state index contributed by atoms with van der Waals surface area (Å²) in [6, 6.07) is 17.4. The monoisotopic (exact) mass is 494 g/mol. The van der Waals surface area contributed by atoms with Crippen LogP contribution >= 0.6 is 27.3 Å². The third-order valence-corrected chi connectivity index (χ3v) is 5.92. The van der Waals surface area contributed by atoms with E-state index in [1.54, 1.807) is 29.3 Å². The van der Waals surface area contributed by atoms with Crippen LogP contribution in [0.1, 0.15) is 11.3 Å². The Hall–Kier alpha value is -3.43. The molecule has 0 aliphatic rings. The third kappa shape index (κ3) is 5.01. The number of nitro groups is 1. The van der Waals surface area contributed by atoms with Crippen LogP contribution in [0, 0.1) is 10.1 Å². The molecule has 4 rings (SSSR count). The summed E-state index contributed by atoms with van der Waals surface area (Å²) in [6.07, 6.45) is 4.63. The largest absolute Gasteiger partial charge is 0.278 e. The molecule has 2 heterocycles. The molecule has 2 aromatic carbocycles. The molecule has 0 N–H and O–H groups in total. The molecule has 0 atom stereocenters. The van der Waals surface area contributed by atoms with Crippen molar-refractivity contribution >= 4 is 60.3 Å². The number of carbonyl (C=O) groups excluding carboxylic acids is 1. The number of halogens is 1. The van der Waals surface area contributed by atoms with Crippen LogP contribution in [0.25, 0.3) is 16.3 Å². The van der Waals surface area contributed by atoms with E-state index in [2.05, 4.69) is 25.9 Å². The molecule has 31 heavy (non-hydrogen) atoms. The number of rotatable bonds is 6. The van der Waals surface area contributed by atoms with E-state index in [-0.39, 0.29) is 18.1 Å². The van der Waals surface area contributed by atoms with E-state index < -0.39 is 4.92 Å². The molecule has 0 aliphatic heterocycles. The topological polar surface area (TPSA) is 89.2 Å². The van der Waals surface area contributed by atoms with E-state index in [9.17, 15) is 14.9 Å². The number of thiazole rings is 1. The third-order valence-electron chi connectivity index (χ3n) is 4.38. The number of hydrogen-bond donors (Lipinski definition) is 0. The molecule has 0 fully saturated rings. The average molecular weight is 495 g/mol. The van der Waals surface area contributed by atoms with Crippen molar-refractivity contribution in [3.05, 3.63) is 98.8 Å². The maximum atomic E-state index is 13.1. The number of nitro benzene ring substituents is 1. The molecular formula is C22H15BrN4O3S. The first kappa shape index (κ1) is 20.8. The van der Waals surface area contributed by atoms with Gasteiger partial charge in [0.15, 0.2) is 5.13 Å². The van der Waals surface area contributed by atoms with Gasteiger partial charge in [0, 0.05) is 28.9 Å². The number of amides is 1. The van der Waals surface area contributed by atoms with Crippen LogP contribution in [0.2, 0.25) is 0 Å². The van der Waals surface area contributed by atoms with Crippen molar-refractivity contribution in [1.82, 2.24) is 9.97 Å². The number of carbonyl (C=O) groups is 1. The van der Waals surface area contributed by atoms with E-state index >= 15 is 0 Å². The lowest BCUT2D eigenvalue weighted by atomic mass is 10.2. The van der Waals surface area contributed by atoms with E-state index in [1.165, 1.54) is 29.5 Å². The van der Waals surface area contributed by atoms with Crippen molar-refractivity contribution in [1.29, 1.82) is 0 Å². The first-order chi connectivity index (χ1) is 15.0. The standard InChI is InChI=1S/C22H15BrN4O3S/c23-16-8-9-19-20(13-16)31-22(25-19)26(14-17-5-1-2-11-24-17)21(28)10-7-15-4-3-6-18(12-15)27(29)30/h1-13H,14H2/b10-7+. The second kappa shape index (κ2) is 9.15. The van der Waals surface area contributed by atoms with Gasteiger partial charge >= 0.3 is 0 Å². The first-order valence-corrected chi connectivity index (χ1v) is 10.8. The van der Waals surface area contributed by atoms with Crippen molar-refractivity contribution in [2.45, 2.75) is 6.54 Å². The highest BCUT2D eigenvalue weighted by molar-refractivity contribution is 9.10. The van der Waals surface area contributed by atoms with Crippen LogP contribution in [-0.2, 0) is 11.3 Å². The summed E-state index contributed by atoms with van der Waals surface area (Å²) < 4.78 is 1.88. The van der Waals surface area contributed by atoms with Crippen molar-refractivity contribution in [3.8, 4) is 0 Å². The fraction of sp³-hybridized carbons (Fsp3) is 0.0455. The van der Waals surface area contributed by atoms with Crippen LogP contribution in [0.15, 0.2) is 77.4 Å². The highest BCUT2D eigenvalue weighted by Crippen LogP contribution is 2.32. The molecule has 9 heteroatoms. The minimum absolute atomic E-state index is 0.0308. The number of fused-ring (bicyclic) bond motifs is 1. The van der Waals surface area contributed by atoms with Gasteiger partial charge in [-0.2, -0.15) is 0 Å². The molecule has 0 unspecified atom stereocenters. The molecule has 0 saturated carbocycles. The number of nitrogens with zero attached hydrogens (tertiary/aromatic N) is 4. The molecule has 2 aromatic heterocycles. The summed E-state index contributed by atoms with van der Waals surface area (Å²) in [6.45, 7) is 0.250. The summed E-state index contributed by atoms with van der Waals surface area (Å²) in [7, 11) is 0. The predicted octanol–water partition coefficient (Wildman–Crippen LogP) is 5.61. The van der Waals surface area contributed by atoms with E-state index in [0.717, 1.165) is 20.4 Å². The van der Waals surface area contributed by atoms with E-state index in [4.69, 9.17) is 0 Å². The quantitative estimate of drug-likeness (QED) is 0.197. The number of anilines is 1. The van der Waals surface area contributed by atoms with Gasteiger partial charge in [-0.1, -0.05) is 45.5 Å². The Morgan fingerprint density at radius 2 is 2.03 bits per heavy atom. The van der Waals surface area contributed by atoms with Gasteiger partial charge < -0.3 is 0 Å². The SMILES string of the molecule is O=C(/C=C/c1cccc([N+](=O)[O-])c1)N(Cc1ccccn1)c1nc2ccc(Br)cc2s1. The smallest absolute Gasteiger partial charge is 0.270 e. The van der Waals surface area contributed by atoms with Crippen LogP contribution in [-0.4, -0.2) is 20.8 Å². The normalized spacial score (nSPS) is 11.1. The van der Waals surface area contributed by atoms with Gasteiger partial charge in [0.05, 0.1) is 27.4 Å². The summed E-state index contributed by atoms with van der Waals surface area (Å²) in [5.41, 5.74) is 2.05. The Morgan fingerprint density at radius 3 is 2.81 bits per heavy atom. The molecule has 7 nitrogen and oxygen atoms in total. The van der Waals surface area contributed by atoms with E-state index in [0.29, 0.717) is 10.7 Å². The van der Waals surface area contributed by atoms with Gasteiger partial charge in [-0.15, -0.1) is 0 Å². The van der Waals surface area contributed by atoms with Gasteiger partial charge in [0.1, 0.15) is 0 Å². The van der Waals surface area contributed by atoms with Gasteiger partial charge in [-0.3, -0.25) is 24.8 Å². The zero-order valence-electron chi connectivity index (χ0n) is 16.0. The van der Waals surface area contributed by atoms with Gasteiger partial charge in [0.25, 0.3) is 11.6 Å². The number of hydrogen-bond acceptors (Lipinski definition) is 6. The van der Waals surface area contributed by atoms with Crippen LogP contribution in [0.4, 0.5) is 10.8 Å². The molecular weight excluding hydrogens is 480 g/mol. The maximum Gasteiger partial charge on any atom is 0.270 e. The highest BCUT2D eigenvalue weighted by Gasteiger charge is 2.19. The highest BCUT2D eigenvalue weighted by atomic mass is 79.9. The second-order valence-corrected chi connectivity index (χ2v) is 8.46. The minimum Gasteiger partial charge on any atom is -0.278 e. The van der Waals surface area contributed by atoms with Gasteiger partial charge in [-0.05, 0) is 42.0 Å². The zero-order chi connectivity index (χ0) is 21.8. The summed E-state index contributed by atoms with van der Waals surface area (Å²) in [4.78, 5) is 34.1. The fourth-order valence-corrected chi connectivity index (χ4v) is 4.42. The Balaban J connectivity index is 1.66. The molecule has 0 bridgehead atoms. The van der Waals surface area contributed by atoms with Crippen LogP contribution < -0.4 is 4.90 Å². The zero-order valence-corrected chi connectivity index (χ0v) is 18.4. The number of aromatic nitrogens is 2. The lowest BCUT2D eigenvalue weighted by Gasteiger charge is -2.17. The molecule has 1 amide bonds. The molecule has 154 valence electrons. The Labute approximate surface area is 190 Å². The average Bonchev–Trinajstić information content (AvgIpc) is 3.19. The Kier molecular flexibility index (Phi) is 6.15. The minimum atomic E-state index is -0.466. The predicted molar refractivity (Wildman–Crippen MR) is 125 cm³/mol. The molecule has 4 aromatic rings. The van der Waals surface area contributed by atoms with Crippen molar-refractivity contribution in [2.24, 2.45) is 0 Å². The number of benzene rings is 2. The maximum absolute atomic E-state index is 13.1. The van der Waals surface area contributed by atoms with Crippen molar-refractivity contribution < 1.29 is 9.72 Å². The summed E-state index contributed by atoms with van der Waals surface area (Å²) >= 11 is 4.87. The van der Waals surface area contributed by atoms with E-state index in [1.807, 2.05) is 36.4 Å². The van der Waals surface area contributed by atoms with Gasteiger partial charge in [-0.25, -0.2) is 4.98 Å². The van der Waals surface area contributed by atoms with Crippen molar-refractivity contribution in [2.75, 3.05) is 4.90 Å². The number of non-ortho nitro benzene ring substituents is 1. The molecule has 0 spiro atoms. The second-order valence-electron chi connectivity index (χ2n) is 6.54. The Bertz CT molecular complexity index is 1290. The molecule has 0 aliphatic carbocycles. The fourth-order valence-electron chi connectivity index (χ4n) is 2.89. The Morgan fingerprint density at radius 1 is 1.16 bits per heavy atom. The lowest BCUT2D eigenvalue weighted by molar-refractivity contribution is -0.384. The van der Waals surface area contributed by atoms with Crippen LogP contribution in [0.5, 0.6) is 0 Å². The first-order valence-electron chi connectivity index (χ1n) is 9.19. The lowest BCUT2D eigenvalue weighted by Crippen LogP contribution is -2.29. The van der Waals surface area contributed by atoms with Gasteiger partial charge in [0.2, 0.25) is 0 Å². The van der Waals surface area contributed by atoms with Crippen molar-refractivity contribution in [3.63, 3.8) is 0 Å². The summed E-state index contributed by atoms with van der Waals surface area (Å²) in [5, 5.41) is 11.5. The summed E-state index contributed by atoms with van der Waals surface area (Å²) in [5.74, 6) is -0.296. The van der Waals surface area contributed by atoms with Crippen LogP contribution in [0.3, 0.4) is 0 Å². The number of pyridine rings is 1. The molecule has 0 saturated heterocycles. The molecule has 0 radical (unpaired) electrons.